The Labute approximate surface area is 160 Å². The highest BCUT2D eigenvalue weighted by atomic mass is 32.2. The van der Waals surface area contributed by atoms with Crippen molar-refractivity contribution in [3.63, 3.8) is 0 Å². The molecule has 0 saturated carbocycles. The molecule has 0 aromatic heterocycles. The Balaban J connectivity index is 1.91. The van der Waals surface area contributed by atoms with Gasteiger partial charge in [0, 0.05) is 9.81 Å². The number of ether oxygens (including phenoxy) is 1. The van der Waals surface area contributed by atoms with Gasteiger partial charge in [-0.1, -0.05) is 53.1 Å². The molecule has 27 heavy (non-hydrogen) atoms. The Hall–Kier alpha value is -2.22. The van der Waals surface area contributed by atoms with Gasteiger partial charge in [-0.3, -0.25) is 4.21 Å². The van der Waals surface area contributed by atoms with E-state index in [0.717, 1.165) is 11.1 Å². The second-order valence-electron chi connectivity index (χ2n) is 6.16. The van der Waals surface area contributed by atoms with Crippen molar-refractivity contribution in [2.45, 2.75) is 36.7 Å². The summed E-state index contributed by atoms with van der Waals surface area (Å²) in [6.45, 7) is 2.15. The quantitative estimate of drug-likeness (QED) is 0.369. The molecule has 0 amide bonds. The van der Waals surface area contributed by atoms with Crippen LogP contribution in [-0.4, -0.2) is 45.0 Å². The fourth-order valence-corrected chi connectivity index (χ4v) is 3.57. The van der Waals surface area contributed by atoms with Crippen LogP contribution in [0.15, 0.2) is 64.6 Å². The maximum atomic E-state index is 12.4. The van der Waals surface area contributed by atoms with Gasteiger partial charge < -0.3 is 14.9 Å². The fraction of sp³-hybridized carbons (Fsp3) is 0.368. The molecule has 2 N–H and O–H groups in total. The van der Waals surface area contributed by atoms with Crippen LogP contribution < -0.4 is 0 Å². The Kier molecular flexibility index (Phi) is 8.44. The molecule has 0 saturated heterocycles. The average molecular weight is 389 g/mol. The van der Waals surface area contributed by atoms with Crippen molar-refractivity contribution in [3.05, 3.63) is 76.2 Å². The molecule has 0 aliphatic heterocycles. The highest BCUT2D eigenvalue weighted by molar-refractivity contribution is 7.85. The average Bonchev–Trinajstić information content (AvgIpc) is 2.68. The number of aryl methyl sites for hydroxylation is 1. The zero-order valence-electron chi connectivity index (χ0n) is 15.0. The number of hydrogen-bond acceptors (Lipinski definition) is 5. The largest absolute Gasteiger partial charge is 0.390 e. The first-order valence-electron chi connectivity index (χ1n) is 8.48. The van der Waals surface area contributed by atoms with Gasteiger partial charge in [0.15, 0.2) is 0 Å². The lowest BCUT2D eigenvalue weighted by Gasteiger charge is -2.23. The maximum Gasteiger partial charge on any atom is 0.0922 e. The van der Waals surface area contributed by atoms with Crippen molar-refractivity contribution in [3.8, 4) is 0 Å². The first-order valence-corrected chi connectivity index (χ1v) is 9.80. The van der Waals surface area contributed by atoms with E-state index in [2.05, 4.69) is 10.0 Å². The SMILES string of the molecule is Cc1ccc([S@@](=O)C[C@@H](O)[C@H](O)[C@@H](COCc2ccccc2)N=[N+]=[N-])cc1. The van der Waals surface area contributed by atoms with Gasteiger partial charge >= 0.3 is 0 Å². The second-order valence-corrected chi connectivity index (χ2v) is 7.65. The molecule has 2 rings (SSSR count). The van der Waals surface area contributed by atoms with Crippen LogP contribution in [0.1, 0.15) is 11.1 Å². The Bertz CT molecular complexity index is 779. The van der Waals surface area contributed by atoms with E-state index >= 15 is 0 Å². The molecule has 0 unspecified atom stereocenters. The molecule has 8 heteroatoms. The van der Waals surface area contributed by atoms with E-state index in [1.54, 1.807) is 12.1 Å². The molecule has 0 radical (unpaired) electrons. The molecule has 0 aliphatic rings. The topological polar surface area (TPSA) is 116 Å². The summed E-state index contributed by atoms with van der Waals surface area (Å²) in [6, 6.07) is 15.5. The van der Waals surface area contributed by atoms with E-state index in [9.17, 15) is 14.4 Å². The third-order valence-electron chi connectivity index (χ3n) is 3.99. The van der Waals surface area contributed by atoms with Gasteiger partial charge in [-0.15, -0.1) is 0 Å². The van der Waals surface area contributed by atoms with Gasteiger partial charge in [-0.05, 0) is 30.2 Å². The number of azide groups is 1. The molecule has 0 heterocycles. The molecule has 0 fully saturated rings. The third-order valence-corrected chi connectivity index (χ3v) is 5.44. The van der Waals surface area contributed by atoms with E-state index in [-0.39, 0.29) is 19.0 Å². The van der Waals surface area contributed by atoms with Crippen LogP contribution in [0.3, 0.4) is 0 Å². The summed E-state index contributed by atoms with van der Waals surface area (Å²) in [5.74, 6) is -0.166. The van der Waals surface area contributed by atoms with Crippen LogP contribution >= 0.6 is 0 Å². The molecular weight excluding hydrogens is 366 g/mol. The van der Waals surface area contributed by atoms with Crippen LogP contribution in [0, 0.1) is 6.92 Å². The zero-order valence-corrected chi connectivity index (χ0v) is 15.8. The lowest BCUT2D eigenvalue weighted by molar-refractivity contribution is -0.0102. The number of benzene rings is 2. The predicted molar refractivity (Wildman–Crippen MR) is 104 cm³/mol. The van der Waals surface area contributed by atoms with Gasteiger partial charge in [0.1, 0.15) is 0 Å². The van der Waals surface area contributed by atoms with Crippen LogP contribution in [0.5, 0.6) is 0 Å². The highest BCUT2D eigenvalue weighted by Crippen LogP contribution is 2.13. The van der Waals surface area contributed by atoms with E-state index in [1.165, 1.54) is 0 Å². The minimum Gasteiger partial charge on any atom is -0.390 e. The summed E-state index contributed by atoms with van der Waals surface area (Å²) in [7, 11) is -1.48. The van der Waals surface area contributed by atoms with E-state index in [4.69, 9.17) is 10.3 Å². The molecule has 2 aromatic carbocycles. The van der Waals surface area contributed by atoms with Gasteiger partial charge in [-0.25, -0.2) is 0 Å². The summed E-state index contributed by atoms with van der Waals surface area (Å²) in [5, 5.41) is 24.1. The van der Waals surface area contributed by atoms with Crippen LogP contribution in [0.2, 0.25) is 0 Å². The third kappa shape index (κ3) is 6.78. The second kappa shape index (κ2) is 10.8. The van der Waals surface area contributed by atoms with Gasteiger partial charge in [0.2, 0.25) is 0 Å². The molecular formula is C19H23N3O4S. The van der Waals surface area contributed by atoms with Crippen molar-refractivity contribution in [1.29, 1.82) is 0 Å². The van der Waals surface area contributed by atoms with Crippen molar-refractivity contribution >= 4 is 10.8 Å². The summed E-state index contributed by atoms with van der Waals surface area (Å²) in [4.78, 5) is 3.27. The molecule has 0 aliphatic carbocycles. The van der Waals surface area contributed by atoms with Gasteiger partial charge in [-0.2, -0.15) is 0 Å². The molecule has 7 nitrogen and oxygen atoms in total. The predicted octanol–water partition coefficient (Wildman–Crippen LogP) is 2.72. The first-order chi connectivity index (χ1) is 13.0. The van der Waals surface area contributed by atoms with Crippen molar-refractivity contribution in [1.82, 2.24) is 0 Å². The number of aliphatic hydroxyl groups excluding tert-OH is 2. The summed E-state index contributed by atoms with van der Waals surface area (Å²) in [5.41, 5.74) is 10.7. The normalized spacial score (nSPS) is 15.4. The highest BCUT2D eigenvalue weighted by Gasteiger charge is 2.27. The standard InChI is InChI=1S/C19H23N3O4S/c1-14-7-9-16(10-8-14)27(25)13-18(23)19(24)17(21-22-20)12-26-11-15-5-3-2-4-6-15/h2-10,17-19,23-24H,11-13H2,1H3/t17-,18-,19-,27+/m1/s1. The molecule has 144 valence electrons. The molecule has 2 aromatic rings. The Morgan fingerprint density at radius 1 is 1.15 bits per heavy atom. The summed E-state index contributed by atoms with van der Waals surface area (Å²) in [6.07, 6.45) is -2.70. The maximum absolute atomic E-state index is 12.4. The molecule has 0 bridgehead atoms. The van der Waals surface area contributed by atoms with Crippen LogP contribution in [-0.2, 0) is 22.1 Å². The number of aliphatic hydroxyl groups is 2. The molecule has 0 spiro atoms. The number of rotatable bonds is 10. The van der Waals surface area contributed by atoms with Crippen LogP contribution in [0.25, 0.3) is 10.4 Å². The van der Waals surface area contributed by atoms with E-state index < -0.39 is 29.0 Å². The Morgan fingerprint density at radius 3 is 2.44 bits per heavy atom. The minimum atomic E-state index is -1.48. The lowest BCUT2D eigenvalue weighted by Crippen LogP contribution is -2.41. The van der Waals surface area contributed by atoms with Crippen molar-refractivity contribution < 1.29 is 19.2 Å². The zero-order chi connectivity index (χ0) is 19.6. The minimum absolute atomic E-state index is 0.0612. The smallest absolute Gasteiger partial charge is 0.0922 e. The summed E-state index contributed by atoms with van der Waals surface area (Å²) < 4.78 is 17.9. The fourth-order valence-electron chi connectivity index (χ4n) is 2.43. The van der Waals surface area contributed by atoms with E-state index in [0.29, 0.717) is 4.90 Å². The first kappa shape index (κ1) is 21.1. The lowest BCUT2D eigenvalue weighted by atomic mass is 10.1. The van der Waals surface area contributed by atoms with Crippen LogP contribution in [0.4, 0.5) is 0 Å². The van der Waals surface area contributed by atoms with Crippen molar-refractivity contribution in [2.75, 3.05) is 12.4 Å². The van der Waals surface area contributed by atoms with Crippen molar-refractivity contribution in [2.24, 2.45) is 5.11 Å². The summed E-state index contributed by atoms with van der Waals surface area (Å²) >= 11 is 0. The van der Waals surface area contributed by atoms with Gasteiger partial charge in [0.05, 0.1) is 48.0 Å². The molecule has 4 atom stereocenters. The monoisotopic (exact) mass is 389 g/mol. The van der Waals surface area contributed by atoms with E-state index in [1.807, 2.05) is 49.4 Å². The van der Waals surface area contributed by atoms with Gasteiger partial charge in [0.25, 0.3) is 0 Å². The number of hydrogen-bond donors (Lipinski definition) is 2. The Morgan fingerprint density at radius 2 is 1.81 bits per heavy atom. The number of nitrogens with zero attached hydrogens (tertiary/aromatic N) is 3.